The zero-order chi connectivity index (χ0) is 18.2. The third-order valence-corrected chi connectivity index (χ3v) is 3.73. The summed E-state index contributed by atoms with van der Waals surface area (Å²) in [7, 11) is 0. The average Bonchev–Trinajstić information content (AvgIpc) is 3.14. The Bertz CT molecular complexity index is 747. The second-order valence-corrected chi connectivity index (χ2v) is 5.86. The van der Waals surface area contributed by atoms with Gasteiger partial charge in [0.05, 0.1) is 4.92 Å². The van der Waals surface area contributed by atoms with Crippen molar-refractivity contribution >= 4 is 22.8 Å². The van der Waals surface area contributed by atoms with Crippen LogP contribution in [0, 0.1) is 17.0 Å². The number of hydrogen-bond donors (Lipinski definition) is 1. The predicted octanol–water partition coefficient (Wildman–Crippen LogP) is 4.65. The summed E-state index contributed by atoms with van der Waals surface area (Å²) >= 11 is 0. The van der Waals surface area contributed by atoms with Gasteiger partial charge in [0.25, 0.3) is 5.69 Å². The van der Waals surface area contributed by atoms with Gasteiger partial charge in [-0.15, -0.1) is 0 Å². The van der Waals surface area contributed by atoms with Crippen molar-refractivity contribution in [1.82, 2.24) is 0 Å². The molecular formula is C19H22N2O4. The SMILES string of the molecule is C1CCOC1.CC(=O)c1ccc(Nc2cccc(C)c2)c([N+](=O)[O-])c1. The Hall–Kier alpha value is -2.73. The van der Waals surface area contributed by atoms with Crippen molar-refractivity contribution in [3.8, 4) is 0 Å². The van der Waals surface area contributed by atoms with Crippen LogP contribution in [0.25, 0.3) is 0 Å². The van der Waals surface area contributed by atoms with Crippen molar-refractivity contribution in [2.24, 2.45) is 0 Å². The number of nitrogens with one attached hydrogen (secondary N) is 1. The van der Waals surface area contributed by atoms with Crippen LogP contribution < -0.4 is 5.32 Å². The standard InChI is InChI=1S/C15H14N2O3.C4H8O/c1-10-4-3-5-13(8-10)16-14-7-6-12(11(2)18)9-15(14)17(19)20;1-2-4-5-3-1/h3-9,16H,1-2H3;1-4H2. The quantitative estimate of drug-likeness (QED) is 0.497. The van der Waals surface area contributed by atoms with Gasteiger partial charge in [0.15, 0.2) is 5.78 Å². The number of anilines is 2. The van der Waals surface area contributed by atoms with Crippen LogP contribution in [0.2, 0.25) is 0 Å². The van der Waals surface area contributed by atoms with Crippen LogP contribution in [-0.2, 0) is 4.74 Å². The van der Waals surface area contributed by atoms with Crippen LogP contribution in [0.1, 0.15) is 35.7 Å². The Kier molecular flexibility index (Phi) is 6.65. The van der Waals surface area contributed by atoms with Gasteiger partial charge in [0, 0.05) is 30.5 Å². The van der Waals surface area contributed by atoms with Crippen LogP contribution >= 0.6 is 0 Å². The number of hydrogen-bond acceptors (Lipinski definition) is 5. The van der Waals surface area contributed by atoms with E-state index < -0.39 is 4.92 Å². The van der Waals surface area contributed by atoms with E-state index >= 15 is 0 Å². The lowest BCUT2D eigenvalue weighted by atomic mass is 10.1. The van der Waals surface area contributed by atoms with Crippen LogP contribution in [0.15, 0.2) is 42.5 Å². The fraction of sp³-hybridized carbons (Fsp3) is 0.316. The largest absolute Gasteiger partial charge is 0.381 e. The number of nitro groups is 1. The molecule has 0 aliphatic carbocycles. The molecule has 6 nitrogen and oxygen atoms in total. The molecule has 0 bridgehead atoms. The van der Waals surface area contributed by atoms with Crippen molar-refractivity contribution in [1.29, 1.82) is 0 Å². The molecule has 1 heterocycles. The Morgan fingerprint density at radius 2 is 1.88 bits per heavy atom. The molecule has 0 spiro atoms. The first kappa shape index (κ1) is 18.6. The lowest BCUT2D eigenvalue weighted by Crippen LogP contribution is -2.00. The van der Waals surface area contributed by atoms with E-state index in [1.165, 1.54) is 25.8 Å². The van der Waals surface area contributed by atoms with Gasteiger partial charge in [0.2, 0.25) is 0 Å². The van der Waals surface area contributed by atoms with Gasteiger partial charge in [0.1, 0.15) is 5.69 Å². The van der Waals surface area contributed by atoms with Crippen molar-refractivity contribution in [2.45, 2.75) is 26.7 Å². The molecule has 0 amide bonds. The van der Waals surface area contributed by atoms with Crippen molar-refractivity contribution in [3.05, 3.63) is 63.7 Å². The molecule has 1 N–H and O–H groups in total. The molecule has 1 fully saturated rings. The number of carbonyl (C=O) groups excluding carboxylic acids is 1. The maximum Gasteiger partial charge on any atom is 0.293 e. The van der Waals surface area contributed by atoms with Gasteiger partial charge in [-0.05, 0) is 56.5 Å². The number of ether oxygens (including phenoxy) is 1. The summed E-state index contributed by atoms with van der Waals surface area (Å²) in [5, 5.41) is 14.1. The molecule has 1 aliphatic rings. The van der Waals surface area contributed by atoms with Gasteiger partial charge in [-0.25, -0.2) is 0 Å². The fourth-order valence-corrected chi connectivity index (χ4v) is 2.40. The first-order valence-electron chi connectivity index (χ1n) is 8.18. The van der Waals surface area contributed by atoms with E-state index in [0.717, 1.165) is 24.5 Å². The molecule has 0 atom stereocenters. The van der Waals surface area contributed by atoms with Gasteiger partial charge in [-0.3, -0.25) is 14.9 Å². The van der Waals surface area contributed by atoms with Gasteiger partial charge in [-0.2, -0.15) is 0 Å². The second-order valence-electron chi connectivity index (χ2n) is 5.86. The first-order valence-corrected chi connectivity index (χ1v) is 8.18. The van der Waals surface area contributed by atoms with Crippen LogP contribution in [0.4, 0.5) is 17.1 Å². The lowest BCUT2D eigenvalue weighted by Gasteiger charge is -2.08. The maximum atomic E-state index is 11.3. The molecule has 0 unspecified atom stereocenters. The lowest BCUT2D eigenvalue weighted by molar-refractivity contribution is -0.383. The Balaban J connectivity index is 0.000000386. The number of aryl methyl sites for hydroxylation is 1. The summed E-state index contributed by atoms with van der Waals surface area (Å²) in [6.07, 6.45) is 2.56. The average molecular weight is 342 g/mol. The highest BCUT2D eigenvalue weighted by atomic mass is 16.6. The van der Waals surface area contributed by atoms with Crippen molar-refractivity contribution < 1.29 is 14.5 Å². The Labute approximate surface area is 147 Å². The van der Waals surface area contributed by atoms with Crippen LogP contribution in [0.5, 0.6) is 0 Å². The summed E-state index contributed by atoms with van der Waals surface area (Å²) in [5.74, 6) is -0.199. The zero-order valence-electron chi connectivity index (χ0n) is 14.5. The molecule has 3 rings (SSSR count). The molecule has 2 aromatic rings. The minimum Gasteiger partial charge on any atom is -0.381 e. The molecule has 2 aromatic carbocycles. The van der Waals surface area contributed by atoms with Crippen LogP contribution in [0.3, 0.4) is 0 Å². The summed E-state index contributed by atoms with van der Waals surface area (Å²) in [5.41, 5.74) is 2.40. The monoisotopic (exact) mass is 342 g/mol. The maximum absolute atomic E-state index is 11.3. The van der Waals surface area contributed by atoms with E-state index in [0.29, 0.717) is 11.3 Å². The summed E-state index contributed by atoms with van der Waals surface area (Å²) in [6.45, 7) is 5.32. The minimum absolute atomic E-state index is 0.112. The third kappa shape index (κ3) is 5.69. The van der Waals surface area contributed by atoms with Crippen LogP contribution in [-0.4, -0.2) is 23.9 Å². The molecule has 6 heteroatoms. The van der Waals surface area contributed by atoms with Crippen molar-refractivity contribution in [3.63, 3.8) is 0 Å². The smallest absolute Gasteiger partial charge is 0.293 e. The van der Waals surface area contributed by atoms with Crippen molar-refractivity contribution in [2.75, 3.05) is 18.5 Å². The molecule has 0 saturated carbocycles. The number of nitro benzene ring substituents is 1. The number of benzene rings is 2. The summed E-state index contributed by atoms with van der Waals surface area (Å²) in [6, 6.07) is 12.0. The fourth-order valence-electron chi connectivity index (χ4n) is 2.40. The minimum atomic E-state index is -0.495. The van der Waals surface area contributed by atoms with Gasteiger partial charge < -0.3 is 10.1 Å². The highest BCUT2D eigenvalue weighted by Gasteiger charge is 2.16. The molecule has 1 aliphatic heterocycles. The predicted molar refractivity (Wildman–Crippen MR) is 97.6 cm³/mol. The van der Waals surface area contributed by atoms with E-state index in [-0.39, 0.29) is 11.5 Å². The molecule has 25 heavy (non-hydrogen) atoms. The summed E-state index contributed by atoms with van der Waals surface area (Å²) in [4.78, 5) is 21.9. The third-order valence-electron chi connectivity index (χ3n) is 3.73. The van der Waals surface area contributed by atoms with E-state index in [4.69, 9.17) is 4.74 Å². The number of ketones is 1. The topological polar surface area (TPSA) is 81.5 Å². The number of Topliss-reactive ketones (excluding diaryl/α,β-unsaturated/α-hetero) is 1. The van der Waals surface area contributed by atoms with E-state index in [2.05, 4.69) is 5.32 Å². The van der Waals surface area contributed by atoms with Gasteiger partial charge >= 0.3 is 0 Å². The Morgan fingerprint density at radius 1 is 1.16 bits per heavy atom. The van der Waals surface area contributed by atoms with E-state index in [9.17, 15) is 14.9 Å². The first-order chi connectivity index (χ1) is 12.0. The summed E-state index contributed by atoms with van der Waals surface area (Å²) < 4.78 is 4.94. The normalized spacial score (nSPS) is 12.9. The molecule has 1 saturated heterocycles. The highest BCUT2D eigenvalue weighted by Crippen LogP contribution is 2.29. The number of rotatable bonds is 4. The van der Waals surface area contributed by atoms with Gasteiger partial charge in [-0.1, -0.05) is 12.1 Å². The molecule has 132 valence electrons. The molecule has 0 radical (unpaired) electrons. The van der Waals surface area contributed by atoms with E-state index in [1.54, 1.807) is 12.1 Å². The van der Waals surface area contributed by atoms with E-state index in [1.807, 2.05) is 31.2 Å². The Morgan fingerprint density at radius 3 is 2.40 bits per heavy atom. The zero-order valence-corrected chi connectivity index (χ0v) is 14.5. The molecular weight excluding hydrogens is 320 g/mol. The number of nitrogens with zero attached hydrogens (tertiary/aromatic N) is 1. The second kappa shape index (κ2) is 8.94. The number of carbonyl (C=O) groups is 1. The highest BCUT2D eigenvalue weighted by molar-refractivity contribution is 5.95. The molecule has 0 aromatic heterocycles.